The standard InChI is InChI=1S/C26H34N4O9S/c1-6-19(7-2)38-22(31)16-28-26(34)39-24-21(37-5)14-18(15-27-24)23(32)29-40(35,36)20-12-10-17(11-13-20)25(33)30(8-3)9-4/h10-15,19H,6-9,16H2,1-5H3,(H,28,34)(H,29,32). The van der Waals surface area contributed by atoms with E-state index in [0.717, 1.165) is 12.3 Å². The Kier molecular flexibility index (Phi) is 11.9. The SMILES string of the molecule is CCC(CC)OC(=O)CNC(=O)Oc1ncc(C(=O)NS(=O)(=O)c2ccc(C(=O)N(CC)CC)cc2)cc1OC. The number of rotatable bonds is 13. The maximum atomic E-state index is 12.7. The van der Waals surface area contributed by atoms with E-state index < -0.39 is 34.5 Å². The normalized spacial score (nSPS) is 10.9. The zero-order chi connectivity index (χ0) is 29.9. The van der Waals surface area contributed by atoms with E-state index in [1.54, 1.807) is 4.90 Å². The number of nitrogens with one attached hydrogen (secondary N) is 2. The summed E-state index contributed by atoms with van der Waals surface area (Å²) in [6.07, 6.45) is 0.993. The summed E-state index contributed by atoms with van der Waals surface area (Å²) >= 11 is 0. The molecule has 0 bridgehead atoms. The Morgan fingerprint density at radius 2 is 1.60 bits per heavy atom. The summed E-state index contributed by atoms with van der Waals surface area (Å²) in [5.74, 6) is -2.35. The molecule has 14 heteroatoms. The van der Waals surface area contributed by atoms with Gasteiger partial charge in [-0.15, -0.1) is 0 Å². The van der Waals surface area contributed by atoms with Crippen molar-refractivity contribution >= 4 is 33.9 Å². The minimum Gasteiger partial charge on any atom is -0.491 e. The van der Waals surface area contributed by atoms with Gasteiger partial charge in [0.25, 0.3) is 27.7 Å². The molecule has 0 saturated carbocycles. The van der Waals surface area contributed by atoms with Gasteiger partial charge in [-0.3, -0.25) is 14.4 Å². The number of carbonyl (C=O) groups is 4. The molecule has 0 aliphatic carbocycles. The first-order chi connectivity index (χ1) is 19.0. The van der Waals surface area contributed by atoms with Crippen LogP contribution in [0.4, 0.5) is 4.79 Å². The van der Waals surface area contributed by atoms with Gasteiger partial charge in [-0.1, -0.05) is 13.8 Å². The van der Waals surface area contributed by atoms with E-state index in [1.807, 2.05) is 32.4 Å². The van der Waals surface area contributed by atoms with Crippen LogP contribution in [-0.2, 0) is 19.6 Å². The molecule has 3 amide bonds. The third-order valence-electron chi connectivity index (χ3n) is 5.76. The van der Waals surface area contributed by atoms with Gasteiger partial charge >= 0.3 is 12.1 Å². The second-order valence-electron chi connectivity index (χ2n) is 8.34. The highest BCUT2D eigenvalue weighted by Gasteiger charge is 2.22. The number of esters is 1. The minimum absolute atomic E-state index is 0.140. The number of aromatic nitrogens is 1. The molecule has 218 valence electrons. The van der Waals surface area contributed by atoms with Crippen LogP contribution in [0.15, 0.2) is 41.4 Å². The first-order valence-corrected chi connectivity index (χ1v) is 14.1. The molecule has 2 N–H and O–H groups in total. The van der Waals surface area contributed by atoms with Crippen LogP contribution in [0.1, 0.15) is 61.3 Å². The van der Waals surface area contributed by atoms with Gasteiger partial charge in [-0.05, 0) is 51.0 Å². The number of ether oxygens (including phenoxy) is 3. The van der Waals surface area contributed by atoms with Crippen LogP contribution in [0.3, 0.4) is 0 Å². The van der Waals surface area contributed by atoms with Gasteiger partial charge in [0.1, 0.15) is 12.6 Å². The van der Waals surface area contributed by atoms with Gasteiger partial charge in [-0.25, -0.2) is 22.9 Å². The van der Waals surface area contributed by atoms with Crippen LogP contribution in [0, 0.1) is 0 Å². The molecule has 0 radical (unpaired) electrons. The van der Waals surface area contributed by atoms with Gasteiger partial charge in [-0.2, -0.15) is 0 Å². The average molecular weight is 579 g/mol. The van der Waals surface area contributed by atoms with Crippen molar-refractivity contribution in [1.29, 1.82) is 0 Å². The smallest absolute Gasteiger partial charge is 0.414 e. The first kappa shape index (κ1) is 32.0. The number of nitrogens with zero attached hydrogens (tertiary/aromatic N) is 2. The lowest BCUT2D eigenvalue weighted by Gasteiger charge is -2.18. The van der Waals surface area contributed by atoms with Crippen molar-refractivity contribution in [2.75, 3.05) is 26.7 Å². The van der Waals surface area contributed by atoms with Gasteiger partial charge in [0, 0.05) is 30.9 Å². The second kappa shape index (κ2) is 14.8. The molecule has 2 rings (SSSR count). The van der Waals surface area contributed by atoms with E-state index >= 15 is 0 Å². The van der Waals surface area contributed by atoms with Crippen molar-refractivity contribution in [3.63, 3.8) is 0 Å². The molecular formula is C26H34N4O9S. The molecule has 0 aliphatic rings. The third-order valence-corrected chi connectivity index (χ3v) is 7.11. The second-order valence-corrected chi connectivity index (χ2v) is 10.0. The number of sulfonamides is 1. The predicted molar refractivity (Wildman–Crippen MR) is 144 cm³/mol. The highest BCUT2D eigenvalue weighted by atomic mass is 32.2. The van der Waals surface area contributed by atoms with Crippen LogP contribution in [0.5, 0.6) is 11.6 Å². The lowest BCUT2D eigenvalue weighted by atomic mass is 10.2. The van der Waals surface area contributed by atoms with Crippen LogP contribution in [0.25, 0.3) is 0 Å². The molecule has 0 atom stereocenters. The van der Waals surface area contributed by atoms with E-state index in [1.165, 1.54) is 31.4 Å². The highest BCUT2D eigenvalue weighted by molar-refractivity contribution is 7.90. The summed E-state index contributed by atoms with van der Waals surface area (Å²) in [5.41, 5.74) is 0.112. The average Bonchev–Trinajstić information content (AvgIpc) is 2.95. The first-order valence-electron chi connectivity index (χ1n) is 12.6. The van der Waals surface area contributed by atoms with Crippen LogP contribution in [0.2, 0.25) is 0 Å². The number of hydrogen-bond acceptors (Lipinski definition) is 10. The lowest BCUT2D eigenvalue weighted by Crippen LogP contribution is -2.34. The number of methoxy groups -OCH3 is 1. The van der Waals surface area contributed by atoms with Gasteiger partial charge in [0.05, 0.1) is 17.6 Å². The quantitative estimate of drug-likeness (QED) is 0.337. The van der Waals surface area contributed by atoms with Crippen molar-refractivity contribution in [2.24, 2.45) is 0 Å². The monoisotopic (exact) mass is 578 g/mol. The highest BCUT2D eigenvalue weighted by Crippen LogP contribution is 2.25. The fraction of sp³-hybridized carbons (Fsp3) is 0.423. The van der Waals surface area contributed by atoms with Crippen LogP contribution >= 0.6 is 0 Å². The zero-order valence-electron chi connectivity index (χ0n) is 23.1. The van der Waals surface area contributed by atoms with E-state index in [2.05, 4.69) is 10.3 Å². The minimum atomic E-state index is -4.29. The van der Waals surface area contributed by atoms with Crippen molar-refractivity contribution < 1.29 is 41.8 Å². The molecular weight excluding hydrogens is 544 g/mol. The maximum absolute atomic E-state index is 12.7. The van der Waals surface area contributed by atoms with Crippen molar-refractivity contribution in [2.45, 2.75) is 51.5 Å². The third kappa shape index (κ3) is 8.66. The molecule has 0 aliphatic heterocycles. The van der Waals surface area contributed by atoms with Crippen molar-refractivity contribution in [3.05, 3.63) is 47.7 Å². The van der Waals surface area contributed by atoms with Crippen molar-refractivity contribution in [1.82, 2.24) is 19.9 Å². The Morgan fingerprint density at radius 3 is 2.15 bits per heavy atom. The van der Waals surface area contributed by atoms with E-state index in [-0.39, 0.29) is 34.1 Å². The van der Waals surface area contributed by atoms with Gasteiger partial charge in [0.15, 0.2) is 5.75 Å². The predicted octanol–water partition coefficient (Wildman–Crippen LogP) is 2.51. The molecule has 1 aromatic heterocycles. The fourth-order valence-corrected chi connectivity index (χ4v) is 4.41. The summed E-state index contributed by atoms with van der Waals surface area (Å²) in [5, 5.41) is 2.23. The molecule has 0 spiro atoms. The Labute approximate surface area is 233 Å². The molecule has 0 fully saturated rings. The fourth-order valence-electron chi connectivity index (χ4n) is 3.44. The lowest BCUT2D eigenvalue weighted by molar-refractivity contribution is -0.148. The van der Waals surface area contributed by atoms with E-state index in [4.69, 9.17) is 14.2 Å². The molecule has 2 aromatic rings. The summed E-state index contributed by atoms with van der Waals surface area (Å²) in [6, 6.07) is 6.32. The molecule has 1 heterocycles. The molecule has 40 heavy (non-hydrogen) atoms. The van der Waals surface area contributed by atoms with Crippen LogP contribution in [-0.4, -0.2) is 75.0 Å². The van der Waals surface area contributed by atoms with Crippen LogP contribution < -0.4 is 19.5 Å². The molecule has 0 unspecified atom stereocenters. The Morgan fingerprint density at radius 1 is 0.975 bits per heavy atom. The number of amides is 3. The van der Waals surface area contributed by atoms with E-state index in [9.17, 15) is 27.6 Å². The molecule has 13 nitrogen and oxygen atoms in total. The summed E-state index contributed by atoms with van der Waals surface area (Å²) in [7, 11) is -3.06. The largest absolute Gasteiger partial charge is 0.491 e. The zero-order valence-corrected chi connectivity index (χ0v) is 23.9. The number of carbonyl (C=O) groups excluding carboxylic acids is 4. The molecule has 1 aromatic carbocycles. The number of pyridine rings is 1. The molecule has 0 saturated heterocycles. The Balaban J connectivity index is 2.06. The Bertz CT molecular complexity index is 1310. The van der Waals surface area contributed by atoms with Gasteiger partial charge in [0.2, 0.25) is 0 Å². The summed E-state index contributed by atoms with van der Waals surface area (Å²) < 4.78 is 42.7. The Hall–Kier alpha value is -4.20. The van der Waals surface area contributed by atoms with Crippen molar-refractivity contribution in [3.8, 4) is 11.6 Å². The van der Waals surface area contributed by atoms with E-state index in [0.29, 0.717) is 31.5 Å². The maximum Gasteiger partial charge on any atom is 0.414 e. The number of benzene rings is 1. The van der Waals surface area contributed by atoms with Gasteiger partial charge < -0.3 is 24.4 Å². The number of hydrogen-bond donors (Lipinski definition) is 2. The summed E-state index contributed by atoms with van der Waals surface area (Å²) in [4.78, 5) is 54.3. The topological polar surface area (TPSA) is 170 Å². The summed E-state index contributed by atoms with van der Waals surface area (Å²) in [6.45, 7) is 7.99.